The maximum absolute atomic E-state index is 11.1. The molecule has 2 fully saturated rings. The van der Waals surface area contributed by atoms with Gasteiger partial charge in [0.25, 0.3) is 0 Å². The first-order valence-electron chi connectivity index (χ1n) is 7.38. The Labute approximate surface area is 128 Å². The van der Waals surface area contributed by atoms with Crippen LogP contribution in [0.15, 0.2) is 42.5 Å². The second-order valence-corrected chi connectivity index (χ2v) is 5.77. The van der Waals surface area contributed by atoms with Gasteiger partial charge < -0.3 is 14.9 Å². The molecule has 2 saturated heterocycles. The summed E-state index contributed by atoms with van der Waals surface area (Å²) in [5.41, 5.74) is 1.89. The van der Waals surface area contributed by atoms with Crippen LogP contribution in [0, 0.1) is 0 Å². The van der Waals surface area contributed by atoms with E-state index in [9.17, 15) is 4.79 Å². The van der Waals surface area contributed by atoms with E-state index in [4.69, 9.17) is 5.11 Å². The topological polar surface area (TPSA) is 69.6 Å². The summed E-state index contributed by atoms with van der Waals surface area (Å²) >= 11 is 0. The summed E-state index contributed by atoms with van der Waals surface area (Å²) in [6.45, 7) is 1.26. The molecule has 2 aliphatic rings. The third-order valence-corrected chi connectivity index (χ3v) is 4.50. The zero-order chi connectivity index (χ0) is 15.1. The number of anilines is 1. The van der Waals surface area contributed by atoms with Gasteiger partial charge in [0.1, 0.15) is 0 Å². The summed E-state index contributed by atoms with van der Waals surface area (Å²) in [6, 6.07) is 14.2. The van der Waals surface area contributed by atoms with Crippen molar-refractivity contribution in [2.24, 2.45) is 0 Å². The van der Waals surface area contributed by atoms with E-state index in [1.54, 1.807) is 0 Å². The van der Waals surface area contributed by atoms with Crippen molar-refractivity contribution < 1.29 is 9.90 Å². The first-order valence-corrected chi connectivity index (χ1v) is 7.38. The van der Waals surface area contributed by atoms with Gasteiger partial charge in [-0.2, -0.15) is 0 Å². The molecule has 0 radical (unpaired) electrons. The van der Waals surface area contributed by atoms with Crippen LogP contribution < -0.4 is 4.90 Å². The summed E-state index contributed by atoms with van der Waals surface area (Å²) in [4.78, 5) is 14.8. The number of fused-ring (bicyclic) bond motifs is 2. The van der Waals surface area contributed by atoms with Crippen molar-refractivity contribution in [3.8, 4) is 11.3 Å². The molecule has 1 unspecified atom stereocenters. The molecule has 3 heterocycles. The fourth-order valence-corrected chi connectivity index (χ4v) is 3.42. The number of benzene rings is 1. The van der Waals surface area contributed by atoms with E-state index in [-0.39, 0.29) is 12.1 Å². The number of hydrogen-bond donors (Lipinski definition) is 1. The van der Waals surface area contributed by atoms with Crippen molar-refractivity contribution in [2.75, 3.05) is 18.0 Å². The molecule has 0 aliphatic carbocycles. The highest BCUT2D eigenvalue weighted by molar-refractivity contribution is 5.67. The number of amides is 1. The Morgan fingerprint density at radius 1 is 1.05 bits per heavy atom. The second-order valence-electron chi connectivity index (χ2n) is 5.77. The molecule has 1 aromatic carbocycles. The quantitative estimate of drug-likeness (QED) is 0.919. The fraction of sp³-hybridized carbons (Fsp3) is 0.312. The lowest BCUT2D eigenvalue weighted by atomic mass is 10.1. The number of rotatable bonds is 2. The molecule has 2 atom stereocenters. The highest BCUT2D eigenvalue weighted by Gasteiger charge is 2.45. The molecule has 22 heavy (non-hydrogen) atoms. The van der Waals surface area contributed by atoms with E-state index in [0.29, 0.717) is 13.1 Å². The van der Waals surface area contributed by atoms with E-state index < -0.39 is 6.09 Å². The third kappa shape index (κ3) is 2.07. The maximum atomic E-state index is 11.1. The van der Waals surface area contributed by atoms with Gasteiger partial charge >= 0.3 is 6.09 Å². The molecule has 2 bridgehead atoms. The molecular formula is C16H16N4O2. The Hall–Kier alpha value is -2.63. The Bertz CT molecular complexity index is 689. The zero-order valence-electron chi connectivity index (χ0n) is 12.0. The number of aromatic nitrogens is 2. The lowest BCUT2D eigenvalue weighted by Gasteiger charge is -2.33. The number of carboxylic acid groups (broad SMARTS) is 1. The average Bonchev–Trinajstić information content (AvgIpc) is 3.16. The largest absolute Gasteiger partial charge is 0.465 e. The van der Waals surface area contributed by atoms with Crippen LogP contribution in [-0.2, 0) is 0 Å². The maximum Gasteiger partial charge on any atom is 0.407 e. The van der Waals surface area contributed by atoms with Crippen LogP contribution >= 0.6 is 0 Å². The predicted octanol–water partition coefficient (Wildman–Crippen LogP) is 2.08. The van der Waals surface area contributed by atoms with Gasteiger partial charge in [-0.1, -0.05) is 30.3 Å². The Kier molecular flexibility index (Phi) is 2.96. The molecule has 0 spiro atoms. The van der Waals surface area contributed by atoms with Crippen LogP contribution in [0.25, 0.3) is 11.3 Å². The molecule has 2 aromatic rings. The van der Waals surface area contributed by atoms with Gasteiger partial charge in [-0.05, 0) is 18.6 Å². The summed E-state index contributed by atoms with van der Waals surface area (Å²) < 4.78 is 0. The van der Waals surface area contributed by atoms with Crippen molar-refractivity contribution in [3.63, 3.8) is 0 Å². The third-order valence-electron chi connectivity index (χ3n) is 4.50. The molecule has 1 amide bonds. The summed E-state index contributed by atoms with van der Waals surface area (Å²) in [5.74, 6) is 0.831. The van der Waals surface area contributed by atoms with Gasteiger partial charge in [-0.15, -0.1) is 10.2 Å². The van der Waals surface area contributed by atoms with Gasteiger partial charge in [-0.25, -0.2) is 4.79 Å². The van der Waals surface area contributed by atoms with Crippen molar-refractivity contribution in [3.05, 3.63) is 42.5 Å². The Morgan fingerprint density at radius 2 is 1.86 bits per heavy atom. The highest BCUT2D eigenvalue weighted by Crippen LogP contribution is 2.33. The predicted molar refractivity (Wildman–Crippen MR) is 81.7 cm³/mol. The molecule has 112 valence electrons. The van der Waals surface area contributed by atoms with E-state index in [2.05, 4.69) is 15.1 Å². The normalized spacial score (nSPS) is 23.1. The first kappa shape index (κ1) is 13.1. The zero-order valence-corrected chi connectivity index (χ0v) is 12.0. The molecule has 2 aliphatic heterocycles. The molecule has 6 nitrogen and oxygen atoms in total. The van der Waals surface area contributed by atoms with Crippen molar-refractivity contribution in [1.82, 2.24) is 15.1 Å². The van der Waals surface area contributed by atoms with Crippen molar-refractivity contribution in [2.45, 2.75) is 18.5 Å². The average molecular weight is 296 g/mol. The van der Waals surface area contributed by atoms with E-state index in [1.165, 1.54) is 4.90 Å². The Morgan fingerprint density at radius 3 is 2.45 bits per heavy atom. The number of hydrogen-bond acceptors (Lipinski definition) is 4. The molecule has 1 aromatic heterocycles. The van der Waals surface area contributed by atoms with Gasteiger partial charge in [0, 0.05) is 18.7 Å². The summed E-state index contributed by atoms with van der Waals surface area (Å²) in [5, 5.41) is 17.8. The Balaban J connectivity index is 1.53. The SMILES string of the molecule is O=C(O)N1C[C@@H]2CC1CN2c1ccc(-c2ccccc2)nn1. The van der Waals surface area contributed by atoms with Crippen molar-refractivity contribution >= 4 is 11.9 Å². The number of nitrogens with zero attached hydrogens (tertiary/aromatic N) is 4. The molecular weight excluding hydrogens is 280 g/mol. The lowest BCUT2D eigenvalue weighted by molar-refractivity contribution is 0.137. The highest BCUT2D eigenvalue weighted by atomic mass is 16.4. The van der Waals surface area contributed by atoms with E-state index in [0.717, 1.165) is 23.5 Å². The minimum atomic E-state index is -0.822. The monoisotopic (exact) mass is 296 g/mol. The van der Waals surface area contributed by atoms with Gasteiger partial charge in [0.15, 0.2) is 5.82 Å². The molecule has 4 rings (SSSR count). The van der Waals surface area contributed by atoms with Crippen LogP contribution in [0.2, 0.25) is 0 Å². The lowest BCUT2D eigenvalue weighted by Crippen LogP contribution is -2.48. The minimum absolute atomic E-state index is 0.0816. The molecule has 1 N–H and O–H groups in total. The standard InChI is InChI=1S/C16H16N4O2/c21-16(22)20-10-12-8-13(20)9-19(12)15-7-6-14(17-18-15)11-4-2-1-3-5-11/h1-7,12-13H,8-10H2,(H,21,22)/t12-,13?/m0/s1. The number of piperazine rings is 1. The second kappa shape index (κ2) is 4.98. The minimum Gasteiger partial charge on any atom is -0.465 e. The van der Waals surface area contributed by atoms with E-state index in [1.807, 2.05) is 42.5 Å². The van der Waals surface area contributed by atoms with Gasteiger partial charge in [0.05, 0.1) is 17.8 Å². The van der Waals surface area contributed by atoms with Crippen LogP contribution in [0.3, 0.4) is 0 Å². The van der Waals surface area contributed by atoms with Crippen LogP contribution in [0.4, 0.5) is 10.6 Å². The van der Waals surface area contributed by atoms with Crippen LogP contribution in [-0.4, -0.2) is 51.5 Å². The summed E-state index contributed by atoms with van der Waals surface area (Å²) in [7, 11) is 0. The molecule has 0 saturated carbocycles. The van der Waals surface area contributed by atoms with E-state index >= 15 is 0 Å². The number of carbonyl (C=O) groups is 1. The molecule has 6 heteroatoms. The number of likely N-dealkylation sites (tertiary alicyclic amines) is 1. The fourth-order valence-electron chi connectivity index (χ4n) is 3.42. The van der Waals surface area contributed by atoms with Crippen LogP contribution in [0.1, 0.15) is 6.42 Å². The van der Waals surface area contributed by atoms with Crippen LogP contribution in [0.5, 0.6) is 0 Å². The van der Waals surface area contributed by atoms with Crippen molar-refractivity contribution in [1.29, 1.82) is 0 Å². The van der Waals surface area contributed by atoms with Gasteiger partial charge in [-0.3, -0.25) is 0 Å². The van der Waals surface area contributed by atoms with Gasteiger partial charge in [0.2, 0.25) is 0 Å². The summed E-state index contributed by atoms with van der Waals surface area (Å²) in [6.07, 6.45) is 0.0617. The smallest absolute Gasteiger partial charge is 0.407 e. The first-order chi connectivity index (χ1) is 10.7.